The minimum absolute atomic E-state index is 0.0956. The number of hydrogen-bond donors (Lipinski definition) is 0. The second-order valence-electron chi connectivity index (χ2n) is 10.9. The zero-order valence-electron chi connectivity index (χ0n) is 21.4. The third-order valence-corrected chi connectivity index (χ3v) is 7.29. The molecule has 0 unspecified atom stereocenters. The first-order chi connectivity index (χ1) is 16.7. The second kappa shape index (κ2) is 7.61. The number of anilines is 3. The van der Waals surface area contributed by atoms with E-state index in [0.29, 0.717) is 0 Å². The van der Waals surface area contributed by atoms with Crippen molar-refractivity contribution >= 4 is 38.6 Å². The summed E-state index contributed by atoms with van der Waals surface area (Å²) in [5, 5.41) is 4.85. The zero-order chi connectivity index (χ0) is 24.5. The molecule has 174 valence electrons. The van der Waals surface area contributed by atoms with E-state index in [1.807, 2.05) is 0 Å². The molecule has 6 rings (SSSR count). The molecular formula is C33H31NO. The third-order valence-electron chi connectivity index (χ3n) is 7.29. The van der Waals surface area contributed by atoms with Crippen LogP contribution in [-0.4, -0.2) is 0 Å². The van der Waals surface area contributed by atoms with Gasteiger partial charge in [0.05, 0.1) is 17.1 Å². The summed E-state index contributed by atoms with van der Waals surface area (Å²) >= 11 is 0. The molecule has 0 aromatic heterocycles. The summed E-state index contributed by atoms with van der Waals surface area (Å²) in [5.41, 5.74) is 8.66. The Bertz CT molecular complexity index is 1610. The number of benzene rings is 5. The summed E-state index contributed by atoms with van der Waals surface area (Å²) < 4.78 is 6.60. The predicted molar refractivity (Wildman–Crippen MR) is 149 cm³/mol. The van der Waals surface area contributed by atoms with Crippen molar-refractivity contribution in [2.24, 2.45) is 0 Å². The molecule has 1 aliphatic rings. The number of nitrogens with zero attached hydrogens (tertiary/aromatic N) is 1. The van der Waals surface area contributed by atoms with Gasteiger partial charge in [-0.05, 0) is 94.3 Å². The van der Waals surface area contributed by atoms with Crippen LogP contribution in [-0.2, 0) is 5.41 Å². The number of fused-ring (bicyclic) bond motifs is 4. The second-order valence-corrected chi connectivity index (χ2v) is 10.9. The van der Waals surface area contributed by atoms with Gasteiger partial charge in [-0.2, -0.15) is 0 Å². The van der Waals surface area contributed by atoms with Gasteiger partial charge in [-0.25, -0.2) is 0 Å². The standard InChI is InChI=1S/C33H31NO/c1-20-10-9-13-25-18-31-29(19-27(20)25)34(32-21(2)14-26(15-22(32)3)33(4,5)6)28-16-23-11-7-8-12-24(23)17-30(28)35-31/h7-19H,1-6H3. The zero-order valence-corrected chi connectivity index (χ0v) is 21.4. The summed E-state index contributed by atoms with van der Waals surface area (Å²) in [6, 6.07) is 28.6. The van der Waals surface area contributed by atoms with Crippen LogP contribution in [0.5, 0.6) is 11.5 Å². The van der Waals surface area contributed by atoms with E-state index < -0.39 is 0 Å². The van der Waals surface area contributed by atoms with Crippen LogP contribution in [0.2, 0.25) is 0 Å². The summed E-state index contributed by atoms with van der Waals surface area (Å²) in [6.07, 6.45) is 0. The Hall–Kier alpha value is -3.78. The smallest absolute Gasteiger partial charge is 0.152 e. The molecular weight excluding hydrogens is 426 g/mol. The monoisotopic (exact) mass is 457 g/mol. The van der Waals surface area contributed by atoms with Crippen LogP contribution < -0.4 is 9.64 Å². The lowest BCUT2D eigenvalue weighted by Crippen LogP contribution is -2.19. The lowest BCUT2D eigenvalue weighted by Gasteiger charge is -2.36. The highest BCUT2D eigenvalue weighted by Gasteiger charge is 2.30. The molecule has 2 heteroatoms. The Kier molecular flexibility index (Phi) is 4.73. The average Bonchev–Trinajstić information content (AvgIpc) is 2.80. The van der Waals surface area contributed by atoms with Gasteiger partial charge in [-0.3, -0.25) is 0 Å². The van der Waals surface area contributed by atoms with Crippen LogP contribution in [0, 0.1) is 20.8 Å². The van der Waals surface area contributed by atoms with Crippen LogP contribution in [0.15, 0.2) is 78.9 Å². The van der Waals surface area contributed by atoms with E-state index in [0.717, 1.165) is 22.9 Å². The average molecular weight is 458 g/mol. The molecule has 0 aliphatic carbocycles. The van der Waals surface area contributed by atoms with Crippen molar-refractivity contribution in [2.45, 2.75) is 47.0 Å². The number of rotatable bonds is 1. The molecule has 0 amide bonds. The van der Waals surface area contributed by atoms with Crippen LogP contribution in [0.4, 0.5) is 17.1 Å². The Morgan fingerprint density at radius 1 is 0.600 bits per heavy atom. The van der Waals surface area contributed by atoms with Gasteiger partial charge in [-0.1, -0.05) is 75.4 Å². The van der Waals surface area contributed by atoms with Crippen molar-refractivity contribution in [3.8, 4) is 11.5 Å². The normalized spacial score (nSPS) is 13.0. The summed E-state index contributed by atoms with van der Waals surface area (Å²) in [5.74, 6) is 1.78. The Morgan fingerprint density at radius 2 is 1.17 bits per heavy atom. The molecule has 0 spiro atoms. The first-order valence-corrected chi connectivity index (χ1v) is 12.4. The maximum absolute atomic E-state index is 6.60. The van der Waals surface area contributed by atoms with E-state index in [1.54, 1.807) is 0 Å². The first-order valence-electron chi connectivity index (χ1n) is 12.4. The third kappa shape index (κ3) is 3.47. The van der Waals surface area contributed by atoms with E-state index in [2.05, 4.69) is 125 Å². The largest absolute Gasteiger partial charge is 0.453 e. The minimum atomic E-state index is 0.0956. The molecule has 2 nitrogen and oxygen atoms in total. The highest BCUT2D eigenvalue weighted by Crippen LogP contribution is 2.54. The van der Waals surface area contributed by atoms with E-state index in [4.69, 9.17) is 4.74 Å². The summed E-state index contributed by atoms with van der Waals surface area (Å²) in [6.45, 7) is 13.5. The quantitative estimate of drug-likeness (QED) is 0.244. The molecule has 0 atom stereocenters. The fourth-order valence-corrected chi connectivity index (χ4v) is 5.40. The highest BCUT2D eigenvalue weighted by molar-refractivity contribution is 6.00. The minimum Gasteiger partial charge on any atom is -0.453 e. The van der Waals surface area contributed by atoms with Crippen molar-refractivity contribution in [1.82, 2.24) is 0 Å². The summed E-state index contributed by atoms with van der Waals surface area (Å²) in [7, 11) is 0. The molecule has 1 aliphatic heterocycles. The molecule has 5 aromatic carbocycles. The fraction of sp³-hybridized carbons (Fsp3) is 0.212. The van der Waals surface area contributed by atoms with Gasteiger partial charge < -0.3 is 9.64 Å². The van der Waals surface area contributed by atoms with Crippen LogP contribution >= 0.6 is 0 Å². The van der Waals surface area contributed by atoms with Gasteiger partial charge in [0, 0.05) is 0 Å². The lowest BCUT2D eigenvalue weighted by atomic mass is 9.84. The number of ether oxygens (including phenoxy) is 1. The SMILES string of the molecule is Cc1cc(C(C)(C)C)cc(C)c1N1c2cc3ccccc3cc2Oc2cc3cccc(C)c3cc21. The van der Waals surface area contributed by atoms with Gasteiger partial charge in [0.25, 0.3) is 0 Å². The van der Waals surface area contributed by atoms with Crippen molar-refractivity contribution in [2.75, 3.05) is 4.90 Å². The van der Waals surface area contributed by atoms with Crippen molar-refractivity contribution in [1.29, 1.82) is 0 Å². The maximum atomic E-state index is 6.60. The molecule has 0 bridgehead atoms. The Labute approximate surface area is 207 Å². The lowest BCUT2D eigenvalue weighted by molar-refractivity contribution is 0.478. The molecule has 1 heterocycles. The van der Waals surface area contributed by atoms with Gasteiger partial charge in [0.15, 0.2) is 11.5 Å². The van der Waals surface area contributed by atoms with E-state index in [9.17, 15) is 0 Å². The van der Waals surface area contributed by atoms with Gasteiger partial charge in [-0.15, -0.1) is 0 Å². The van der Waals surface area contributed by atoms with E-state index >= 15 is 0 Å². The molecule has 5 aromatic rings. The molecule has 0 saturated carbocycles. The topological polar surface area (TPSA) is 12.5 Å². The van der Waals surface area contributed by atoms with Gasteiger partial charge in [0.1, 0.15) is 0 Å². The highest BCUT2D eigenvalue weighted by atomic mass is 16.5. The Morgan fingerprint density at radius 3 is 1.83 bits per heavy atom. The molecule has 0 radical (unpaired) electrons. The number of hydrogen-bond acceptors (Lipinski definition) is 2. The number of aryl methyl sites for hydroxylation is 3. The van der Waals surface area contributed by atoms with E-state index in [1.165, 1.54) is 49.5 Å². The fourth-order valence-electron chi connectivity index (χ4n) is 5.40. The maximum Gasteiger partial charge on any atom is 0.152 e. The van der Waals surface area contributed by atoms with Crippen molar-refractivity contribution in [3.05, 3.63) is 101 Å². The van der Waals surface area contributed by atoms with Crippen LogP contribution in [0.1, 0.15) is 43.0 Å². The van der Waals surface area contributed by atoms with Crippen molar-refractivity contribution in [3.63, 3.8) is 0 Å². The predicted octanol–water partition coefficient (Wildman–Crippen LogP) is 9.79. The van der Waals surface area contributed by atoms with Crippen LogP contribution in [0.3, 0.4) is 0 Å². The molecule has 0 N–H and O–H groups in total. The van der Waals surface area contributed by atoms with Crippen LogP contribution in [0.25, 0.3) is 21.5 Å². The van der Waals surface area contributed by atoms with Gasteiger partial charge >= 0.3 is 0 Å². The molecule has 0 fully saturated rings. The van der Waals surface area contributed by atoms with E-state index in [-0.39, 0.29) is 5.41 Å². The summed E-state index contributed by atoms with van der Waals surface area (Å²) in [4.78, 5) is 2.42. The Balaban J connectivity index is 1.68. The molecule has 35 heavy (non-hydrogen) atoms. The van der Waals surface area contributed by atoms with Crippen molar-refractivity contribution < 1.29 is 4.74 Å². The molecule has 0 saturated heterocycles. The van der Waals surface area contributed by atoms with Gasteiger partial charge in [0.2, 0.25) is 0 Å². The first kappa shape index (κ1) is 21.7.